The van der Waals surface area contributed by atoms with Crippen LogP contribution in [0.1, 0.15) is 37.9 Å². The third-order valence-corrected chi connectivity index (χ3v) is 3.68. The van der Waals surface area contributed by atoms with Crippen LogP contribution in [-0.2, 0) is 11.0 Å². The van der Waals surface area contributed by atoms with Crippen molar-refractivity contribution in [3.63, 3.8) is 0 Å². The number of rotatable bonds is 4. The predicted octanol–water partition coefficient (Wildman–Crippen LogP) is 3.56. The molecule has 1 rings (SSSR count). The normalized spacial score (nSPS) is 14.4. The van der Waals surface area contributed by atoms with E-state index in [2.05, 4.69) is 0 Å². The molecule has 0 amide bonds. The molecule has 0 aromatic heterocycles. The average Bonchev–Trinajstić information content (AvgIpc) is 2.35. The summed E-state index contributed by atoms with van der Waals surface area (Å²) in [4.78, 5) is 12.7. The van der Waals surface area contributed by atoms with Gasteiger partial charge in [0.25, 0.3) is 0 Å². The Hall–Kier alpha value is -1.56. The van der Waals surface area contributed by atoms with Crippen molar-refractivity contribution in [3.05, 3.63) is 35.4 Å². The van der Waals surface area contributed by atoms with Crippen molar-refractivity contribution >= 4 is 5.97 Å². The number of carboxylic acids is 1. The van der Waals surface area contributed by atoms with E-state index in [1.165, 1.54) is 24.8 Å². The van der Waals surface area contributed by atoms with E-state index in [9.17, 15) is 18.0 Å². The fourth-order valence-corrected chi connectivity index (χ4v) is 1.83. The minimum absolute atomic E-state index is 0.427. The van der Waals surface area contributed by atoms with Crippen molar-refractivity contribution in [2.75, 3.05) is 7.05 Å². The van der Waals surface area contributed by atoms with Crippen LogP contribution in [0, 0.1) is 0 Å². The molecule has 3 nitrogen and oxygen atoms in total. The summed E-state index contributed by atoms with van der Waals surface area (Å²) in [5, 5.41) is 9.17. The maximum Gasteiger partial charge on any atom is 0.416 e. The largest absolute Gasteiger partial charge is 0.480 e. The minimum Gasteiger partial charge on any atom is -0.480 e. The zero-order valence-electron chi connectivity index (χ0n) is 11.8. The van der Waals surface area contributed by atoms with Crippen LogP contribution in [0.25, 0.3) is 0 Å². The van der Waals surface area contributed by atoms with Gasteiger partial charge in [0.2, 0.25) is 0 Å². The molecule has 1 aromatic rings. The molecule has 0 fully saturated rings. The molecular formula is C14H18F3NO2. The fourth-order valence-electron chi connectivity index (χ4n) is 1.83. The van der Waals surface area contributed by atoms with Gasteiger partial charge in [-0.25, -0.2) is 0 Å². The van der Waals surface area contributed by atoms with E-state index >= 15 is 0 Å². The highest BCUT2D eigenvalue weighted by Crippen LogP contribution is 2.33. The maximum absolute atomic E-state index is 12.7. The van der Waals surface area contributed by atoms with E-state index in [0.29, 0.717) is 5.56 Å². The van der Waals surface area contributed by atoms with Crippen molar-refractivity contribution < 1.29 is 23.1 Å². The van der Waals surface area contributed by atoms with Crippen LogP contribution in [0.4, 0.5) is 13.2 Å². The second kappa shape index (κ2) is 5.44. The molecule has 0 saturated carbocycles. The second-order valence-electron chi connectivity index (χ2n) is 5.27. The fraction of sp³-hybridized carbons (Fsp3) is 0.500. The number of benzene rings is 1. The molecule has 0 radical (unpaired) electrons. The van der Waals surface area contributed by atoms with Gasteiger partial charge >= 0.3 is 12.1 Å². The maximum atomic E-state index is 12.7. The lowest BCUT2D eigenvalue weighted by atomic mass is 9.97. The Kier molecular flexibility index (Phi) is 4.49. The summed E-state index contributed by atoms with van der Waals surface area (Å²) in [5.41, 5.74) is -1.48. The molecule has 0 aliphatic rings. The van der Waals surface area contributed by atoms with E-state index in [-0.39, 0.29) is 0 Å². The molecule has 1 N–H and O–H groups in total. The van der Waals surface area contributed by atoms with Crippen molar-refractivity contribution in [1.82, 2.24) is 4.90 Å². The second-order valence-corrected chi connectivity index (χ2v) is 5.27. The van der Waals surface area contributed by atoms with Gasteiger partial charge in [-0.15, -0.1) is 0 Å². The lowest BCUT2D eigenvalue weighted by molar-refractivity contribution is -0.150. The summed E-state index contributed by atoms with van der Waals surface area (Å²) in [6.45, 7) is 4.71. The monoisotopic (exact) mass is 289 g/mol. The molecule has 1 unspecified atom stereocenters. The van der Waals surface area contributed by atoms with Crippen LogP contribution in [0.5, 0.6) is 0 Å². The molecule has 0 aliphatic carbocycles. The van der Waals surface area contributed by atoms with Gasteiger partial charge in [-0.1, -0.05) is 12.1 Å². The van der Waals surface area contributed by atoms with Gasteiger partial charge in [-0.2, -0.15) is 13.2 Å². The quantitative estimate of drug-likeness (QED) is 0.921. The number of likely N-dealkylation sites (N-methyl/N-ethyl adjacent to an activating group) is 1. The Labute approximate surface area is 116 Å². The van der Waals surface area contributed by atoms with Gasteiger partial charge in [0.1, 0.15) is 5.54 Å². The number of alkyl halides is 3. The van der Waals surface area contributed by atoms with Crippen LogP contribution < -0.4 is 0 Å². The molecule has 112 valence electrons. The van der Waals surface area contributed by atoms with Gasteiger partial charge in [-0.3, -0.25) is 9.69 Å². The van der Waals surface area contributed by atoms with E-state index in [4.69, 9.17) is 5.11 Å². The highest BCUT2D eigenvalue weighted by atomic mass is 19.4. The van der Waals surface area contributed by atoms with Gasteiger partial charge in [0.05, 0.1) is 5.56 Å². The summed E-state index contributed by atoms with van der Waals surface area (Å²) in [6, 6.07) is 4.49. The van der Waals surface area contributed by atoms with Crippen LogP contribution >= 0.6 is 0 Å². The number of hydrogen-bond acceptors (Lipinski definition) is 2. The van der Waals surface area contributed by atoms with E-state index in [1.807, 2.05) is 0 Å². The SMILES string of the molecule is CC(c1cccc(C(F)(F)F)c1)N(C)C(C)(C)C(=O)O. The number of hydrogen-bond donors (Lipinski definition) is 1. The standard InChI is InChI=1S/C14H18F3NO2/c1-9(18(4)13(2,3)12(19)20)10-6-5-7-11(8-10)14(15,16)17/h5-9H,1-4H3,(H,19,20). The minimum atomic E-state index is -4.41. The van der Waals surface area contributed by atoms with Crippen molar-refractivity contribution in [1.29, 1.82) is 0 Å². The molecular weight excluding hydrogens is 271 g/mol. The Morgan fingerprint density at radius 3 is 2.30 bits per heavy atom. The van der Waals surface area contributed by atoms with Gasteiger partial charge < -0.3 is 5.11 Å². The number of nitrogens with zero attached hydrogens (tertiary/aromatic N) is 1. The third kappa shape index (κ3) is 3.30. The molecule has 0 heterocycles. The number of halogens is 3. The van der Waals surface area contributed by atoms with Crippen LogP contribution in [0.15, 0.2) is 24.3 Å². The van der Waals surface area contributed by atoms with Gasteiger partial charge in [-0.05, 0) is 45.5 Å². The average molecular weight is 289 g/mol. The summed E-state index contributed by atoms with van der Waals surface area (Å²) in [6.07, 6.45) is -4.41. The van der Waals surface area contributed by atoms with E-state index in [0.717, 1.165) is 12.1 Å². The topological polar surface area (TPSA) is 40.5 Å². The number of carbonyl (C=O) groups is 1. The predicted molar refractivity (Wildman–Crippen MR) is 69.3 cm³/mol. The van der Waals surface area contributed by atoms with Crippen molar-refractivity contribution in [2.45, 2.75) is 38.5 Å². The van der Waals surface area contributed by atoms with Crippen LogP contribution in [-0.4, -0.2) is 28.6 Å². The smallest absolute Gasteiger partial charge is 0.416 e. The highest BCUT2D eigenvalue weighted by molar-refractivity contribution is 5.77. The first kappa shape index (κ1) is 16.5. The highest BCUT2D eigenvalue weighted by Gasteiger charge is 2.36. The lowest BCUT2D eigenvalue weighted by Crippen LogP contribution is -2.48. The first-order valence-corrected chi connectivity index (χ1v) is 6.11. The first-order chi connectivity index (χ1) is 8.98. The molecule has 0 aliphatic heterocycles. The zero-order valence-corrected chi connectivity index (χ0v) is 11.8. The molecule has 0 spiro atoms. The summed E-state index contributed by atoms with van der Waals surface area (Å²) in [5.74, 6) is -1.03. The Bertz CT molecular complexity index is 497. The first-order valence-electron chi connectivity index (χ1n) is 6.11. The molecule has 0 bridgehead atoms. The Balaban J connectivity index is 3.10. The molecule has 1 atom stereocenters. The Morgan fingerprint density at radius 2 is 1.85 bits per heavy atom. The lowest BCUT2D eigenvalue weighted by Gasteiger charge is -2.36. The summed E-state index contributed by atoms with van der Waals surface area (Å²) >= 11 is 0. The van der Waals surface area contributed by atoms with Crippen LogP contribution in [0.3, 0.4) is 0 Å². The molecule has 1 aromatic carbocycles. The molecule has 20 heavy (non-hydrogen) atoms. The Morgan fingerprint density at radius 1 is 1.30 bits per heavy atom. The van der Waals surface area contributed by atoms with E-state index < -0.39 is 29.3 Å². The molecule has 6 heteroatoms. The zero-order chi connectivity index (χ0) is 15.7. The summed E-state index contributed by atoms with van der Waals surface area (Å²) < 4.78 is 38.1. The third-order valence-electron chi connectivity index (χ3n) is 3.68. The molecule has 0 saturated heterocycles. The van der Waals surface area contributed by atoms with Crippen molar-refractivity contribution in [3.8, 4) is 0 Å². The number of carboxylic acid groups (broad SMARTS) is 1. The van der Waals surface area contributed by atoms with E-state index in [1.54, 1.807) is 20.0 Å². The van der Waals surface area contributed by atoms with Crippen LogP contribution in [0.2, 0.25) is 0 Å². The number of aliphatic carboxylic acids is 1. The van der Waals surface area contributed by atoms with Gasteiger partial charge in [0.15, 0.2) is 0 Å². The van der Waals surface area contributed by atoms with Crippen molar-refractivity contribution in [2.24, 2.45) is 0 Å². The summed E-state index contributed by atoms with van der Waals surface area (Å²) in [7, 11) is 1.58. The van der Waals surface area contributed by atoms with Gasteiger partial charge in [0, 0.05) is 6.04 Å².